The van der Waals surface area contributed by atoms with Gasteiger partial charge in [0, 0.05) is 24.5 Å². The number of nitrogens with zero attached hydrogens (tertiary/aromatic N) is 2. The predicted molar refractivity (Wildman–Crippen MR) is 124 cm³/mol. The zero-order valence-corrected chi connectivity index (χ0v) is 17.7. The largest absolute Gasteiger partial charge is 0.345 e. The van der Waals surface area contributed by atoms with Crippen LogP contribution in [0.2, 0.25) is 0 Å². The average Bonchev–Trinajstić information content (AvgIpc) is 3.33. The lowest BCUT2D eigenvalue weighted by atomic mass is 10.1. The first-order valence-electron chi connectivity index (χ1n) is 10.4. The second-order valence-electron chi connectivity index (χ2n) is 7.54. The molecule has 1 aromatic heterocycles. The molecule has 0 aliphatic rings. The smallest absolute Gasteiger partial charge is 0.255 e. The molecule has 2 amide bonds. The summed E-state index contributed by atoms with van der Waals surface area (Å²) < 4.78 is 1.96. The van der Waals surface area contributed by atoms with Gasteiger partial charge < -0.3 is 15.2 Å². The number of amides is 2. The normalized spacial score (nSPS) is 11.5. The van der Waals surface area contributed by atoms with Crippen LogP contribution in [-0.2, 0) is 6.54 Å². The monoisotopic (exact) mass is 424 g/mol. The van der Waals surface area contributed by atoms with Crippen molar-refractivity contribution >= 4 is 17.5 Å². The molecule has 160 valence electrons. The Balaban J connectivity index is 1.44. The summed E-state index contributed by atoms with van der Waals surface area (Å²) in [5.41, 5.74) is 3.48. The Morgan fingerprint density at radius 3 is 2.34 bits per heavy atom. The summed E-state index contributed by atoms with van der Waals surface area (Å²) in [5, 5.41) is 5.87. The average molecular weight is 425 g/mol. The molecule has 0 unspecified atom stereocenters. The van der Waals surface area contributed by atoms with E-state index in [1.807, 2.05) is 60.2 Å². The predicted octanol–water partition coefficient (Wildman–Crippen LogP) is 4.67. The van der Waals surface area contributed by atoms with Crippen LogP contribution >= 0.6 is 0 Å². The van der Waals surface area contributed by atoms with Crippen LogP contribution in [0, 0.1) is 0 Å². The number of anilines is 1. The summed E-state index contributed by atoms with van der Waals surface area (Å²) in [7, 11) is 0. The van der Waals surface area contributed by atoms with Crippen LogP contribution < -0.4 is 10.6 Å². The summed E-state index contributed by atoms with van der Waals surface area (Å²) in [5.74, 6) is -0.511. The van der Waals surface area contributed by atoms with E-state index < -0.39 is 0 Å². The highest BCUT2D eigenvalue weighted by Gasteiger charge is 2.16. The van der Waals surface area contributed by atoms with Crippen molar-refractivity contribution in [2.45, 2.75) is 19.5 Å². The maximum absolute atomic E-state index is 12.9. The standard InChI is InChI=1S/C26H24N4O2/c1-19(21-7-3-2-4-8-21)28-26(32)23-9-5-6-10-24(23)29-25(31)22-13-11-20(12-14-22)17-30-16-15-27-18-30/h2-16,18-19H,17H2,1H3,(H,28,32)(H,29,31)/t19-/m0/s1. The molecule has 0 aliphatic heterocycles. The molecule has 3 aromatic carbocycles. The lowest BCUT2D eigenvalue weighted by Crippen LogP contribution is -2.28. The van der Waals surface area contributed by atoms with Gasteiger partial charge >= 0.3 is 0 Å². The molecule has 0 fully saturated rings. The van der Waals surface area contributed by atoms with E-state index in [1.54, 1.807) is 48.9 Å². The van der Waals surface area contributed by atoms with Crippen LogP contribution in [-0.4, -0.2) is 21.4 Å². The molecule has 0 saturated heterocycles. The molecule has 6 nitrogen and oxygen atoms in total. The van der Waals surface area contributed by atoms with E-state index in [4.69, 9.17) is 0 Å². The fourth-order valence-electron chi connectivity index (χ4n) is 3.44. The summed E-state index contributed by atoms with van der Waals surface area (Å²) in [6, 6.07) is 24.0. The van der Waals surface area contributed by atoms with E-state index in [1.165, 1.54) is 0 Å². The van der Waals surface area contributed by atoms with Crippen LogP contribution in [0.25, 0.3) is 0 Å². The number of carbonyl (C=O) groups is 2. The van der Waals surface area contributed by atoms with Crippen LogP contribution in [0.5, 0.6) is 0 Å². The lowest BCUT2D eigenvalue weighted by molar-refractivity contribution is 0.0941. The highest BCUT2D eigenvalue weighted by molar-refractivity contribution is 6.09. The minimum Gasteiger partial charge on any atom is -0.345 e. The van der Waals surface area contributed by atoms with Gasteiger partial charge in [0.15, 0.2) is 0 Å². The number of rotatable bonds is 7. The van der Waals surface area contributed by atoms with Crippen LogP contribution in [0.1, 0.15) is 44.8 Å². The highest BCUT2D eigenvalue weighted by Crippen LogP contribution is 2.19. The maximum Gasteiger partial charge on any atom is 0.255 e. The number of nitrogens with one attached hydrogen (secondary N) is 2. The van der Waals surface area contributed by atoms with Gasteiger partial charge in [-0.1, -0.05) is 54.6 Å². The quantitative estimate of drug-likeness (QED) is 0.452. The number of aromatic nitrogens is 2. The van der Waals surface area contributed by atoms with Crippen molar-refractivity contribution in [3.63, 3.8) is 0 Å². The molecule has 0 radical (unpaired) electrons. The van der Waals surface area contributed by atoms with Gasteiger partial charge in [-0.25, -0.2) is 4.98 Å². The van der Waals surface area contributed by atoms with Gasteiger partial charge in [-0.2, -0.15) is 0 Å². The third-order valence-corrected chi connectivity index (χ3v) is 5.21. The second-order valence-corrected chi connectivity index (χ2v) is 7.54. The van der Waals surface area contributed by atoms with E-state index in [0.717, 1.165) is 11.1 Å². The molecule has 0 spiro atoms. The van der Waals surface area contributed by atoms with E-state index in [2.05, 4.69) is 15.6 Å². The number of hydrogen-bond donors (Lipinski definition) is 2. The fourth-order valence-corrected chi connectivity index (χ4v) is 3.44. The third kappa shape index (κ3) is 5.10. The van der Waals surface area contributed by atoms with Crippen LogP contribution in [0.15, 0.2) is 97.6 Å². The highest BCUT2D eigenvalue weighted by atomic mass is 16.2. The van der Waals surface area contributed by atoms with Crippen LogP contribution in [0.4, 0.5) is 5.69 Å². The van der Waals surface area contributed by atoms with Crippen LogP contribution in [0.3, 0.4) is 0 Å². The van der Waals surface area contributed by atoms with Crippen molar-refractivity contribution in [1.82, 2.24) is 14.9 Å². The fraction of sp³-hybridized carbons (Fsp3) is 0.115. The topological polar surface area (TPSA) is 76.0 Å². The first-order chi connectivity index (χ1) is 15.6. The van der Waals surface area contributed by atoms with Crippen molar-refractivity contribution in [2.24, 2.45) is 0 Å². The van der Waals surface area contributed by atoms with Crippen molar-refractivity contribution in [3.8, 4) is 0 Å². The SMILES string of the molecule is C[C@H](NC(=O)c1ccccc1NC(=O)c1ccc(Cn2ccnc2)cc1)c1ccccc1. The zero-order valence-electron chi connectivity index (χ0n) is 17.7. The van der Waals surface area contributed by atoms with Crippen molar-refractivity contribution in [1.29, 1.82) is 0 Å². The number of para-hydroxylation sites is 1. The Labute approximate surface area is 186 Å². The molecule has 6 heteroatoms. The minimum absolute atomic E-state index is 0.157. The van der Waals surface area contributed by atoms with Gasteiger partial charge in [0.1, 0.15) is 0 Å². The molecule has 1 atom stereocenters. The molecule has 0 saturated carbocycles. The van der Waals surface area contributed by atoms with Crippen molar-refractivity contribution in [2.75, 3.05) is 5.32 Å². The van der Waals surface area contributed by atoms with E-state index in [-0.39, 0.29) is 17.9 Å². The molecule has 0 aliphatic carbocycles. The van der Waals surface area contributed by atoms with Crippen molar-refractivity contribution in [3.05, 3.63) is 120 Å². The first kappa shape index (κ1) is 21.1. The minimum atomic E-state index is -0.268. The lowest BCUT2D eigenvalue weighted by Gasteiger charge is -2.16. The van der Waals surface area contributed by atoms with Crippen molar-refractivity contribution < 1.29 is 9.59 Å². The Morgan fingerprint density at radius 1 is 0.906 bits per heavy atom. The Hall–Kier alpha value is -4.19. The summed E-state index contributed by atoms with van der Waals surface area (Å²) in [6.45, 7) is 2.62. The Bertz CT molecular complexity index is 1190. The number of hydrogen-bond acceptors (Lipinski definition) is 3. The molecule has 2 N–H and O–H groups in total. The van der Waals surface area contributed by atoms with E-state index in [0.29, 0.717) is 23.4 Å². The Morgan fingerprint density at radius 2 is 1.62 bits per heavy atom. The summed E-state index contributed by atoms with van der Waals surface area (Å²) in [4.78, 5) is 29.7. The van der Waals surface area contributed by atoms with Gasteiger partial charge in [0.25, 0.3) is 11.8 Å². The van der Waals surface area contributed by atoms with Gasteiger partial charge in [0.2, 0.25) is 0 Å². The van der Waals surface area contributed by atoms with E-state index >= 15 is 0 Å². The van der Waals surface area contributed by atoms with E-state index in [9.17, 15) is 9.59 Å². The van der Waals surface area contributed by atoms with Gasteiger partial charge in [0.05, 0.1) is 23.6 Å². The zero-order chi connectivity index (χ0) is 22.3. The first-order valence-corrected chi connectivity index (χ1v) is 10.4. The third-order valence-electron chi connectivity index (χ3n) is 5.21. The number of carbonyl (C=O) groups excluding carboxylic acids is 2. The Kier molecular flexibility index (Phi) is 6.41. The van der Waals surface area contributed by atoms with Gasteiger partial charge in [-0.05, 0) is 42.3 Å². The second kappa shape index (κ2) is 9.75. The molecule has 32 heavy (non-hydrogen) atoms. The number of benzene rings is 3. The molecule has 1 heterocycles. The maximum atomic E-state index is 12.9. The van der Waals surface area contributed by atoms with Gasteiger partial charge in [-0.15, -0.1) is 0 Å². The molecule has 4 rings (SSSR count). The molecular weight excluding hydrogens is 400 g/mol. The molecule has 4 aromatic rings. The summed E-state index contributed by atoms with van der Waals surface area (Å²) >= 11 is 0. The summed E-state index contributed by atoms with van der Waals surface area (Å²) in [6.07, 6.45) is 5.37. The molecule has 0 bridgehead atoms. The molecular formula is C26H24N4O2. The van der Waals surface area contributed by atoms with Gasteiger partial charge in [-0.3, -0.25) is 9.59 Å². The number of imidazole rings is 1.